The van der Waals surface area contributed by atoms with E-state index in [1.165, 1.54) is 5.56 Å². The van der Waals surface area contributed by atoms with Gasteiger partial charge in [0.15, 0.2) is 0 Å². The fourth-order valence-corrected chi connectivity index (χ4v) is 3.20. The number of hydrogen-bond acceptors (Lipinski definition) is 6. The fraction of sp³-hybridized carbons (Fsp3) is 0.444. The van der Waals surface area contributed by atoms with E-state index in [-0.39, 0.29) is 11.9 Å². The van der Waals surface area contributed by atoms with Crippen molar-refractivity contribution in [2.75, 3.05) is 18.0 Å². The topological polar surface area (TPSA) is 97.0 Å². The number of primary amides is 1. The van der Waals surface area contributed by atoms with E-state index < -0.39 is 5.91 Å². The summed E-state index contributed by atoms with van der Waals surface area (Å²) in [6, 6.07) is 4.61. The highest BCUT2D eigenvalue weighted by Crippen LogP contribution is 2.25. The van der Waals surface area contributed by atoms with Gasteiger partial charge in [0.25, 0.3) is 5.91 Å². The predicted octanol–water partition coefficient (Wildman–Crippen LogP) is 1.52. The summed E-state index contributed by atoms with van der Waals surface area (Å²) in [5, 5.41) is 3.65. The van der Waals surface area contributed by atoms with Crippen LogP contribution in [0.2, 0.25) is 0 Å². The van der Waals surface area contributed by atoms with Crippen molar-refractivity contribution in [2.45, 2.75) is 39.3 Å². The summed E-state index contributed by atoms with van der Waals surface area (Å²) in [6.45, 7) is 7.72. The number of rotatable bonds is 5. The molecule has 7 heteroatoms. The lowest BCUT2D eigenvalue weighted by molar-refractivity contribution is 0.0990. The lowest BCUT2D eigenvalue weighted by Gasteiger charge is -2.23. The fourth-order valence-electron chi connectivity index (χ4n) is 3.20. The number of carbonyl (C=O) groups excluding carboxylic acids is 1. The van der Waals surface area contributed by atoms with Crippen molar-refractivity contribution in [1.82, 2.24) is 20.3 Å². The van der Waals surface area contributed by atoms with Crippen molar-refractivity contribution in [3.8, 4) is 0 Å². The summed E-state index contributed by atoms with van der Waals surface area (Å²) in [6.07, 6.45) is 4.69. The average molecular weight is 340 g/mol. The Morgan fingerprint density at radius 1 is 1.40 bits per heavy atom. The smallest absolute Gasteiger partial charge is 0.286 e. The van der Waals surface area contributed by atoms with Gasteiger partial charge >= 0.3 is 0 Å². The van der Waals surface area contributed by atoms with E-state index in [2.05, 4.69) is 38.2 Å². The molecule has 2 aromatic heterocycles. The summed E-state index contributed by atoms with van der Waals surface area (Å²) in [5.41, 5.74) is 8.31. The molecule has 3 rings (SSSR count). The quantitative estimate of drug-likeness (QED) is 0.856. The van der Waals surface area contributed by atoms with Crippen molar-refractivity contribution in [2.24, 2.45) is 5.73 Å². The first kappa shape index (κ1) is 17.3. The third-order valence-electron chi connectivity index (χ3n) is 4.74. The Bertz CT molecular complexity index is 764. The number of nitrogens with one attached hydrogen (secondary N) is 1. The molecule has 0 radical (unpaired) electrons. The van der Waals surface area contributed by atoms with Crippen molar-refractivity contribution in [3.05, 3.63) is 47.2 Å². The Balaban J connectivity index is 1.72. The van der Waals surface area contributed by atoms with Crippen LogP contribution in [0.1, 0.15) is 46.8 Å². The minimum absolute atomic E-state index is 0.0817. The maximum absolute atomic E-state index is 11.5. The maximum atomic E-state index is 11.5. The first-order chi connectivity index (χ1) is 12.0. The van der Waals surface area contributed by atoms with Gasteiger partial charge in [-0.15, -0.1) is 0 Å². The van der Waals surface area contributed by atoms with Crippen LogP contribution in [0.15, 0.2) is 24.5 Å². The van der Waals surface area contributed by atoms with Crippen molar-refractivity contribution in [1.29, 1.82) is 0 Å². The molecule has 1 fully saturated rings. The standard InChI is InChI=1S/C18H24N6O/c1-11-12(2)22-17(16(19)25)23-18(11)24-8-6-15(10-24)21-13(3)14-5-4-7-20-9-14/h4-5,7,9,13,15,21H,6,8,10H2,1-3H3,(H2,19,25)/t13?,15-/m1/s1. The minimum atomic E-state index is -0.594. The first-order valence-electron chi connectivity index (χ1n) is 8.51. The number of amides is 1. The van der Waals surface area contributed by atoms with E-state index in [9.17, 15) is 4.79 Å². The second kappa shape index (κ2) is 7.14. The molecule has 1 aliphatic rings. The van der Waals surface area contributed by atoms with Gasteiger partial charge in [0.2, 0.25) is 5.82 Å². The Morgan fingerprint density at radius 3 is 2.88 bits per heavy atom. The van der Waals surface area contributed by atoms with Crippen LogP contribution in [0, 0.1) is 13.8 Å². The average Bonchev–Trinajstić information content (AvgIpc) is 3.06. The van der Waals surface area contributed by atoms with Crippen LogP contribution >= 0.6 is 0 Å². The van der Waals surface area contributed by atoms with Gasteiger partial charge in [-0.3, -0.25) is 9.78 Å². The van der Waals surface area contributed by atoms with Crippen LogP contribution in [0.3, 0.4) is 0 Å². The molecule has 7 nitrogen and oxygen atoms in total. The molecule has 0 bridgehead atoms. The molecule has 1 unspecified atom stereocenters. The maximum Gasteiger partial charge on any atom is 0.286 e. The Morgan fingerprint density at radius 2 is 2.20 bits per heavy atom. The van der Waals surface area contributed by atoms with Crippen molar-refractivity contribution >= 4 is 11.7 Å². The highest BCUT2D eigenvalue weighted by Gasteiger charge is 2.27. The van der Waals surface area contributed by atoms with Crippen molar-refractivity contribution < 1.29 is 4.79 Å². The molecule has 1 aliphatic heterocycles. The lowest BCUT2D eigenvalue weighted by Crippen LogP contribution is -2.35. The van der Waals surface area contributed by atoms with Gasteiger partial charge in [0.1, 0.15) is 5.82 Å². The number of aryl methyl sites for hydroxylation is 1. The van der Waals surface area contributed by atoms with E-state index in [1.807, 2.05) is 26.1 Å². The van der Waals surface area contributed by atoms with Crippen LogP contribution in [-0.2, 0) is 0 Å². The monoisotopic (exact) mass is 340 g/mol. The summed E-state index contributed by atoms with van der Waals surface area (Å²) in [4.78, 5) is 26.4. The summed E-state index contributed by atoms with van der Waals surface area (Å²) in [5.74, 6) is 0.293. The summed E-state index contributed by atoms with van der Waals surface area (Å²) in [7, 11) is 0. The van der Waals surface area contributed by atoms with Gasteiger partial charge in [-0.25, -0.2) is 9.97 Å². The van der Waals surface area contributed by atoms with E-state index in [0.717, 1.165) is 36.6 Å². The van der Waals surface area contributed by atoms with E-state index in [1.54, 1.807) is 6.20 Å². The van der Waals surface area contributed by atoms with E-state index >= 15 is 0 Å². The first-order valence-corrected chi connectivity index (χ1v) is 8.51. The number of aromatic nitrogens is 3. The zero-order valence-electron chi connectivity index (χ0n) is 14.9. The number of carbonyl (C=O) groups is 1. The second-order valence-corrected chi connectivity index (χ2v) is 6.55. The van der Waals surface area contributed by atoms with Crippen LogP contribution in [0.4, 0.5) is 5.82 Å². The van der Waals surface area contributed by atoms with E-state index in [0.29, 0.717) is 6.04 Å². The summed E-state index contributed by atoms with van der Waals surface area (Å²) < 4.78 is 0. The van der Waals surface area contributed by atoms with Gasteiger partial charge in [-0.2, -0.15) is 0 Å². The third-order valence-corrected chi connectivity index (χ3v) is 4.74. The molecule has 0 saturated carbocycles. The molecule has 0 aliphatic carbocycles. The molecule has 1 amide bonds. The highest BCUT2D eigenvalue weighted by atomic mass is 16.1. The van der Waals surface area contributed by atoms with Crippen LogP contribution in [0.25, 0.3) is 0 Å². The van der Waals surface area contributed by atoms with Crippen molar-refractivity contribution in [3.63, 3.8) is 0 Å². The third kappa shape index (κ3) is 3.76. The van der Waals surface area contributed by atoms with Gasteiger partial charge < -0.3 is 16.0 Å². The number of nitrogens with zero attached hydrogens (tertiary/aromatic N) is 4. The second-order valence-electron chi connectivity index (χ2n) is 6.55. The molecule has 2 aromatic rings. The van der Waals surface area contributed by atoms with Crippen LogP contribution in [-0.4, -0.2) is 40.0 Å². The minimum Gasteiger partial charge on any atom is -0.363 e. The molecule has 0 aromatic carbocycles. The lowest BCUT2D eigenvalue weighted by atomic mass is 10.1. The zero-order valence-corrected chi connectivity index (χ0v) is 14.9. The van der Waals surface area contributed by atoms with Gasteiger partial charge in [0.05, 0.1) is 0 Å². The molecule has 3 heterocycles. The normalized spacial score (nSPS) is 18.4. The molecule has 132 valence electrons. The summed E-state index contributed by atoms with van der Waals surface area (Å²) >= 11 is 0. The molecular formula is C18H24N6O. The largest absolute Gasteiger partial charge is 0.363 e. The molecule has 1 saturated heterocycles. The van der Waals surface area contributed by atoms with Crippen LogP contribution in [0.5, 0.6) is 0 Å². The number of pyridine rings is 1. The highest BCUT2D eigenvalue weighted by molar-refractivity contribution is 5.89. The predicted molar refractivity (Wildman–Crippen MR) is 96.4 cm³/mol. The van der Waals surface area contributed by atoms with Gasteiger partial charge in [-0.05, 0) is 38.8 Å². The zero-order chi connectivity index (χ0) is 18.0. The van der Waals surface area contributed by atoms with E-state index in [4.69, 9.17) is 5.73 Å². The van der Waals surface area contributed by atoms with Crippen LogP contribution < -0.4 is 16.0 Å². The SMILES string of the molecule is Cc1nc(C(N)=O)nc(N2CC[C@@H](NC(C)c3cccnc3)C2)c1C. The Labute approximate surface area is 147 Å². The molecule has 2 atom stereocenters. The Kier molecular flexibility index (Phi) is 4.94. The Hall–Kier alpha value is -2.54. The number of hydrogen-bond donors (Lipinski definition) is 2. The number of nitrogens with two attached hydrogens (primary N) is 1. The van der Waals surface area contributed by atoms with Gasteiger partial charge in [-0.1, -0.05) is 6.07 Å². The van der Waals surface area contributed by atoms with Gasteiger partial charge in [0, 0.05) is 48.8 Å². The molecule has 0 spiro atoms. The number of anilines is 1. The molecule has 25 heavy (non-hydrogen) atoms. The molecule has 3 N–H and O–H groups in total. The molecular weight excluding hydrogens is 316 g/mol.